The molecule has 1 atom stereocenters. The van der Waals surface area contributed by atoms with Gasteiger partial charge in [-0.1, -0.05) is 6.92 Å². The molecule has 0 aliphatic heterocycles. The molecule has 0 radical (unpaired) electrons. The molecule has 4 nitrogen and oxygen atoms in total. The Morgan fingerprint density at radius 2 is 1.92 bits per heavy atom. The topological polar surface area (TPSA) is 72.7 Å². The van der Waals surface area contributed by atoms with E-state index in [0.29, 0.717) is 16.8 Å². The third-order valence-corrected chi connectivity index (χ3v) is 5.01. The normalized spacial score (nSPS) is 14.1. The van der Waals surface area contributed by atoms with E-state index in [2.05, 4.69) is 0 Å². The van der Waals surface area contributed by atoms with Crippen molar-refractivity contribution in [2.75, 3.05) is 11.5 Å². The first-order valence-electron chi connectivity index (χ1n) is 7.47. The van der Waals surface area contributed by atoms with Gasteiger partial charge in [0.05, 0.1) is 29.0 Å². The number of alkyl halides is 3. The van der Waals surface area contributed by atoms with E-state index in [9.17, 15) is 18.3 Å². The summed E-state index contributed by atoms with van der Waals surface area (Å²) < 4.78 is 41.0. The number of nitriles is 2. The number of halogens is 3. The van der Waals surface area contributed by atoms with Crippen LogP contribution in [0.25, 0.3) is 10.9 Å². The minimum Gasteiger partial charge on any atom is -0.383 e. The largest absolute Gasteiger partial charge is 0.417 e. The number of nitrogens with zero attached hydrogens (tertiary/aromatic N) is 3. The Hall–Kier alpha value is -2.16. The average Bonchev–Trinajstić information content (AvgIpc) is 2.90. The van der Waals surface area contributed by atoms with E-state index >= 15 is 0 Å². The Morgan fingerprint density at radius 3 is 2.44 bits per heavy atom. The Balaban J connectivity index is 2.76. The van der Waals surface area contributed by atoms with Crippen molar-refractivity contribution in [1.29, 1.82) is 10.5 Å². The van der Waals surface area contributed by atoms with Crippen molar-refractivity contribution >= 4 is 22.7 Å². The van der Waals surface area contributed by atoms with Gasteiger partial charge in [-0.3, -0.25) is 0 Å². The van der Waals surface area contributed by atoms with E-state index < -0.39 is 22.9 Å². The molecule has 1 unspecified atom stereocenters. The van der Waals surface area contributed by atoms with E-state index in [4.69, 9.17) is 10.5 Å². The maximum Gasteiger partial charge on any atom is 0.417 e. The van der Waals surface area contributed by atoms with Gasteiger partial charge in [0, 0.05) is 16.7 Å². The van der Waals surface area contributed by atoms with Crippen molar-refractivity contribution in [3.63, 3.8) is 0 Å². The summed E-state index contributed by atoms with van der Waals surface area (Å²) in [5, 5.41) is 29.2. The van der Waals surface area contributed by atoms with Crippen LogP contribution in [0.2, 0.25) is 0 Å². The third-order valence-electron chi connectivity index (χ3n) is 3.83. The standard InChI is InChI=1S/C17H16F3N3OS/c1-3-25-10-16(2,24)15-7-11-6-12(9-22)13(17(18,19)20)8-14(11)23(15)5-4-21/h6-8,24H,3,5,10H2,1-2H3. The molecule has 1 N–H and O–H groups in total. The van der Waals surface area contributed by atoms with Crippen molar-refractivity contribution in [3.05, 3.63) is 35.0 Å². The third kappa shape index (κ3) is 3.76. The second-order valence-electron chi connectivity index (χ2n) is 5.75. The average molecular weight is 367 g/mol. The van der Waals surface area contributed by atoms with Crippen molar-refractivity contribution in [2.45, 2.75) is 32.2 Å². The number of hydrogen-bond acceptors (Lipinski definition) is 4. The number of thioether (sulfide) groups is 1. The lowest BCUT2D eigenvalue weighted by Gasteiger charge is -2.24. The number of hydrogen-bond donors (Lipinski definition) is 1. The number of benzene rings is 1. The minimum absolute atomic E-state index is 0.171. The lowest BCUT2D eigenvalue weighted by molar-refractivity contribution is -0.137. The fraction of sp³-hybridized carbons (Fsp3) is 0.412. The fourth-order valence-corrected chi connectivity index (χ4v) is 3.45. The van der Waals surface area contributed by atoms with Crippen LogP contribution in [0, 0.1) is 22.7 Å². The molecule has 0 spiro atoms. The molecule has 1 aromatic carbocycles. The van der Waals surface area contributed by atoms with E-state index in [-0.39, 0.29) is 12.1 Å². The highest BCUT2D eigenvalue weighted by Crippen LogP contribution is 2.37. The van der Waals surface area contributed by atoms with Crippen LogP contribution in [-0.4, -0.2) is 21.2 Å². The summed E-state index contributed by atoms with van der Waals surface area (Å²) in [5.41, 5.74) is -2.32. The summed E-state index contributed by atoms with van der Waals surface area (Å²) in [6.07, 6.45) is -4.68. The monoisotopic (exact) mass is 367 g/mol. The lowest BCUT2D eigenvalue weighted by atomic mass is 10.0. The van der Waals surface area contributed by atoms with Gasteiger partial charge in [-0.15, -0.1) is 0 Å². The van der Waals surface area contributed by atoms with E-state index in [1.165, 1.54) is 16.3 Å². The molecule has 8 heteroatoms. The molecular formula is C17H16F3N3OS. The first-order chi connectivity index (χ1) is 11.7. The molecule has 0 bridgehead atoms. The number of aliphatic hydroxyl groups is 1. The van der Waals surface area contributed by atoms with Gasteiger partial charge in [-0.25, -0.2) is 0 Å². The first-order valence-corrected chi connectivity index (χ1v) is 8.63. The molecule has 0 amide bonds. The molecule has 2 aromatic rings. The first kappa shape index (κ1) is 19.2. The van der Waals surface area contributed by atoms with E-state index in [0.717, 1.165) is 17.9 Å². The van der Waals surface area contributed by atoms with Crippen LogP contribution in [-0.2, 0) is 18.3 Å². The van der Waals surface area contributed by atoms with Crippen molar-refractivity contribution < 1.29 is 18.3 Å². The molecule has 0 fully saturated rings. The summed E-state index contributed by atoms with van der Waals surface area (Å²) in [6, 6.07) is 7.05. The van der Waals surface area contributed by atoms with Gasteiger partial charge >= 0.3 is 6.18 Å². The molecule has 132 valence electrons. The molecular weight excluding hydrogens is 351 g/mol. The van der Waals surface area contributed by atoms with Gasteiger partial charge in [-0.05, 0) is 30.9 Å². The van der Waals surface area contributed by atoms with Crippen molar-refractivity contribution in [3.8, 4) is 12.1 Å². The zero-order valence-electron chi connectivity index (χ0n) is 13.7. The Labute approximate surface area is 147 Å². The van der Waals surface area contributed by atoms with Crippen LogP contribution < -0.4 is 0 Å². The summed E-state index contributed by atoms with van der Waals surface area (Å²) in [5.74, 6) is 1.11. The quantitative estimate of drug-likeness (QED) is 0.866. The number of fused-ring (bicyclic) bond motifs is 1. The molecule has 1 aromatic heterocycles. The molecule has 25 heavy (non-hydrogen) atoms. The summed E-state index contributed by atoms with van der Waals surface area (Å²) in [4.78, 5) is 0. The second kappa shape index (κ2) is 6.99. The number of aromatic nitrogens is 1. The Bertz CT molecular complexity index is 872. The van der Waals surface area contributed by atoms with Crippen molar-refractivity contribution in [1.82, 2.24) is 4.57 Å². The molecule has 1 heterocycles. The highest BCUT2D eigenvalue weighted by atomic mass is 32.2. The molecule has 2 rings (SSSR count). The summed E-state index contributed by atoms with van der Waals surface area (Å²) in [7, 11) is 0. The molecule has 0 aliphatic rings. The van der Waals surface area contributed by atoms with Crippen LogP contribution in [0.4, 0.5) is 13.2 Å². The van der Waals surface area contributed by atoms with Crippen LogP contribution in [0.3, 0.4) is 0 Å². The number of rotatable bonds is 5. The van der Waals surface area contributed by atoms with Crippen LogP contribution in [0.1, 0.15) is 30.7 Å². The smallest absolute Gasteiger partial charge is 0.383 e. The predicted molar refractivity (Wildman–Crippen MR) is 89.8 cm³/mol. The highest BCUT2D eigenvalue weighted by Gasteiger charge is 2.35. The molecule has 0 saturated heterocycles. The molecule has 0 saturated carbocycles. The highest BCUT2D eigenvalue weighted by molar-refractivity contribution is 7.99. The van der Waals surface area contributed by atoms with Gasteiger partial charge in [0.2, 0.25) is 0 Å². The maximum atomic E-state index is 13.2. The van der Waals surface area contributed by atoms with Gasteiger partial charge in [0.15, 0.2) is 0 Å². The second-order valence-corrected chi connectivity index (χ2v) is 7.03. The van der Waals surface area contributed by atoms with E-state index in [1.807, 2.05) is 13.0 Å². The van der Waals surface area contributed by atoms with Crippen molar-refractivity contribution in [2.24, 2.45) is 0 Å². The molecule has 0 aliphatic carbocycles. The van der Waals surface area contributed by atoms with Crippen LogP contribution in [0.5, 0.6) is 0 Å². The van der Waals surface area contributed by atoms with Gasteiger partial charge in [0.25, 0.3) is 0 Å². The lowest BCUT2D eigenvalue weighted by Crippen LogP contribution is -2.28. The Kier molecular flexibility index (Phi) is 5.36. The SMILES string of the molecule is CCSCC(C)(O)c1cc2cc(C#N)c(C(F)(F)F)cc2n1CC#N. The van der Waals surface area contributed by atoms with E-state index in [1.54, 1.807) is 19.1 Å². The summed E-state index contributed by atoms with van der Waals surface area (Å²) in [6.45, 7) is 3.29. The van der Waals surface area contributed by atoms with Crippen LogP contribution >= 0.6 is 11.8 Å². The fourth-order valence-electron chi connectivity index (χ4n) is 2.70. The predicted octanol–water partition coefficient (Wildman–Crippen LogP) is 4.02. The zero-order valence-corrected chi connectivity index (χ0v) is 14.5. The summed E-state index contributed by atoms with van der Waals surface area (Å²) >= 11 is 1.48. The van der Waals surface area contributed by atoms with Crippen LogP contribution in [0.15, 0.2) is 18.2 Å². The maximum absolute atomic E-state index is 13.2. The zero-order chi connectivity index (χ0) is 18.8. The Morgan fingerprint density at radius 1 is 1.24 bits per heavy atom. The van der Waals surface area contributed by atoms with Gasteiger partial charge in [-0.2, -0.15) is 35.5 Å². The minimum atomic E-state index is -4.68. The van der Waals surface area contributed by atoms with Gasteiger partial charge < -0.3 is 9.67 Å². The van der Waals surface area contributed by atoms with Gasteiger partial charge in [0.1, 0.15) is 12.1 Å².